The van der Waals surface area contributed by atoms with E-state index in [-0.39, 0.29) is 6.04 Å². The molecule has 2 N–H and O–H groups in total. The standard InChI is InChI=1S/C16H31NO/c1-3-13-7-8-15(17)16(10-13)18-11-14-6-4-5-12(2)9-14/h12-16H,3-11,17H2,1-2H3. The smallest absolute Gasteiger partial charge is 0.0728 e. The summed E-state index contributed by atoms with van der Waals surface area (Å²) in [5.41, 5.74) is 6.21. The van der Waals surface area contributed by atoms with Crippen molar-refractivity contribution >= 4 is 0 Å². The highest BCUT2D eigenvalue weighted by Crippen LogP contribution is 2.31. The van der Waals surface area contributed by atoms with E-state index in [0.717, 1.165) is 30.8 Å². The van der Waals surface area contributed by atoms with Gasteiger partial charge in [-0.25, -0.2) is 0 Å². The van der Waals surface area contributed by atoms with Gasteiger partial charge in [-0.3, -0.25) is 0 Å². The van der Waals surface area contributed by atoms with Crippen LogP contribution in [0.4, 0.5) is 0 Å². The lowest BCUT2D eigenvalue weighted by Crippen LogP contribution is -2.42. The largest absolute Gasteiger partial charge is 0.376 e. The maximum Gasteiger partial charge on any atom is 0.0728 e. The van der Waals surface area contributed by atoms with E-state index in [9.17, 15) is 0 Å². The first-order valence-electron chi connectivity index (χ1n) is 8.06. The molecule has 0 heterocycles. The first kappa shape index (κ1) is 14.3. The molecule has 0 amide bonds. The molecule has 5 atom stereocenters. The highest BCUT2D eigenvalue weighted by atomic mass is 16.5. The van der Waals surface area contributed by atoms with E-state index < -0.39 is 0 Å². The molecule has 5 unspecified atom stereocenters. The molecule has 2 aliphatic carbocycles. The second kappa shape index (κ2) is 6.91. The van der Waals surface area contributed by atoms with Gasteiger partial charge >= 0.3 is 0 Å². The van der Waals surface area contributed by atoms with Crippen LogP contribution in [0.3, 0.4) is 0 Å². The van der Waals surface area contributed by atoms with Crippen LogP contribution in [0.2, 0.25) is 0 Å². The third-order valence-corrected chi connectivity index (χ3v) is 5.12. The van der Waals surface area contributed by atoms with Crippen molar-refractivity contribution in [1.82, 2.24) is 0 Å². The molecule has 0 aromatic heterocycles. The number of nitrogens with two attached hydrogens (primary N) is 1. The molecule has 0 aromatic rings. The van der Waals surface area contributed by atoms with Crippen LogP contribution in [0.5, 0.6) is 0 Å². The Labute approximate surface area is 113 Å². The van der Waals surface area contributed by atoms with Gasteiger partial charge < -0.3 is 10.5 Å². The summed E-state index contributed by atoms with van der Waals surface area (Å²) >= 11 is 0. The molecule has 106 valence electrons. The maximum atomic E-state index is 6.21. The molecular formula is C16H31NO. The predicted octanol–water partition coefficient (Wildman–Crippen LogP) is 3.74. The zero-order valence-electron chi connectivity index (χ0n) is 12.2. The zero-order chi connectivity index (χ0) is 13.0. The monoisotopic (exact) mass is 253 g/mol. The zero-order valence-corrected chi connectivity index (χ0v) is 12.2. The third kappa shape index (κ3) is 3.96. The molecule has 18 heavy (non-hydrogen) atoms. The summed E-state index contributed by atoms with van der Waals surface area (Å²) < 4.78 is 6.19. The Hall–Kier alpha value is -0.0800. The van der Waals surface area contributed by atoms with Crippen LogP contribution in [0.15, 0.2) is 0 Å². The van der Waals surface area contributed by atoms with Crippen LogP contribution < -0.4 is 5.73 Å². The van der Waals surface area contributed by atoms with Gasteiger partial charge in [0.1, 0.15) is 0 Å². The van der Waals surface area contributed by atoms with Gasteiger partial charge in [0.2, 0.25) is 0 Å². The fraction of sp³-hybridized carbons (Fsp3) is 1.00. The summed E-state index contributed by atoms with van der Waals surface area (Å²) in [4.78, 5) is 0. The SMILES string of the molecule is CCC1CCC(N)C(OCC2CCCC(C)C2)C1. The lowest BCUT2D eigenvalue weighted by Gasteiger charge is -2.35. The molecule has 2 saturated carbocycles. The summed E-state index contributed by atoms with van der Waals surface area (Å²) in [6.07, 6.45) is 10.8. The minimum Gasteiger partial charge on any atom is -0.376 e. The van der Waals surface area contributed by atoms with Gasteiger partial charge in [0.15, 0.2) is 0 Å². The number of ether oxygens (including phenoxy) is 1. The Balaban J connectivity index is 1.74. The third-order valence-electron chi connectivity index (χ3n) is 5.12. The first-order chi connectivity index (χ1) is 8.69. The number of hydrogen-bond acceptors (Lipinski definition) is 2. The second-order valence-corrected chi connectivity index (χ2v) is 6.76. The molecule has 0 spiro atoms. The maximum absolute atomic E-state index is 6.21. The normalized spacial score (nSPS) is 41.8. The Morgan fingerprint density at radius 2 is 1.89 bits per heavy atom. The van der Waals surface area contributed by atoms with Crippen LogP contribution >= 0.6 is 0 Å². The molecule has 0 radical (unpaired) electrons. The number of hydrogen-bond donors (Lipinski definition) is 1. The Morgan fingerprint density at radius 3 is 2.61 bits per heavy atom. The minimum absolute atomic E-state index is 0.286. The van der Waals surface area contributed by atoms with Gasteiger partial charge in [-0.05, 0) is 49.9 Å². The quantitative estimate of drug-likeness (QED) is 0.828. The van der Waals surface area contributed by atoms with E-state index in [1.807, 2.05) is 0 Å². The predicted molar refractivity (Wildman–Crippen MR) is 76.5 cm³/mol. The average molecular weight is 253 g/mol. The second-order valence-electron chi connectivity index (χ2n) is 6.76. The summed E-state index contributed by atoms with van der Waals surface area (Å²) in [6, 6.07) is 0.286. The van der Waals surface area contributed by atoms with Gasteiger partial charge in [-0.2, -0.15) is 0 Å². The van der Waals surface area contributed by atoms with Gasteiger partial charge in [-0.15, -0.1) is 0 Å². The molecule has 0 bridgehead atoms. The molecule has 0 aliphatic heterocycles. The molecule has 2 heteroatoms. The van der Waals surface area contributed by atoms with Crippen molar-refractivity contribution in [2.24, 2.45) is 23.5 Å². The van der Waals surface area contributed by atoms with Crippen LogP contribution in [-0.2, 0) is 4.74 Å². The van der Waals surface area contributed by atoms with Crippen LogP contribution in [0.1, 0.15) is 65.2 Å². The lowest BCUT2D eigenvalue weighted by molar-refractivity contribution is -0.0254. The highest BCUT2D eigenvalue weighted by Gasteiger charge is 2.29. The van der Waals surface area contributed by atoms with Gasteiger partial charge in [0.05, 0.1) is 6.10 Å². The van der Waals surface area contributed by atoms with E-state index in [1.54, 1.807) is 0 Å². The first-order valence-corrected chi connectivity index (χ1v) is 8.06. The van der Waals surface area contributed by atoms with E-state index in [1.165, 1.54) is 44.9 Å². The van der Waals surface area contributed by atoms with Crippen molar-refractivity contribution < 1.29 is 4.74 Å². The Morgan fingerprint density at radius 1 is 1.06 bits per heavy atom. The molecule has 2 fully saturated rings. The van der Waals surface area contributed by atoms with Crippen molar-refractivity contribution in [2.45, 2.75) is 77.4 Å². The van der Waals surface area contributed by atoms with Crippen molar-refractivity contribution in [3.8, 4) is 0 Å². The van der Waals surface area contributed by atoms with Crippen LogP contribution in [0, 0.1) is 17.8 Å². The summed E-state index contributed by atoms with van der Waals surface area (Å²) in [6.45, 7) is 5.63. The van der Waals surface area contributed by atoms with Crippen molar-refractivity contribution in [3.63, 3.8) is 0 Å². The molecular weight excluding hydrogens is 222 g/mol. The fourth-order valence-corrected chi connectivity index (χ4v) is 3.77. The lowest BCUT2D eigenvalue weighted by atomic mass is 9.81. The fourth-order valence-electron chi connectivity index (χ4n) is 3.77. The van der Waals surface area contributed by atoms with E-state index >= 15 is 0 Å². The average Bonchev–Trinajstić information content (AvgIpc) is 2.38. The van der Waals surface area contributed by atoms with E-state index in [0.29, 0.717) is 6.10 Å². The number of rotatable bonds is 4. The van der Waals surface area contributed by atoms with Gasteiger partial charge in [-0.1, -0.05) is 33.1 Å². The van der Waals surface area contributed by atoms with Gasteiger partial charge in [0, 0.05) is 12.6 Å². The molecule has 0 aromatic carbocycles. The summed E-state index contributed by atoms with van der Waals surface area (Å²) in [7, 11) is 0. The molecule has 2 nitrogen and oxygen atoms in total. The van der Waals surface area contributed by atoms with Crippen LogP contribution in [0.25, 0.3) is 0 Å². The summed E-state index contributed by atoms with van der Waals surface area (Å²) in [5, 5.41) is 0. The Bertz CT molecular complexity index is 243. The van der Waals surface area contributed by atoms with E-state index in [4.69, 9.17) is 10.5 Å². The molecule has 2 aliphatic rings. The van der Waals surface area contributed by atoms with Crippen molar-refractivity contribution in [3.05, 3.63) is 0 Å². The highest BCUT2D eigenvalue weighted by molar-refractivity contribution is 4.83. The topological polar surface area (TPSA) is 35.2 Å². The van der Waals surface area contributed by atoms with Gasteiger partial charge in [0.25, 0.3) is 0 Å². The van der Waals surface area contributed by atoms with Crippen LogP contribution in [-0.4, -0.2) is 18.8 Å². The van der Waals surface area contributed by atoms with Crippen molar-refractivity contribution in [2.75, 3.05) is 6.61 Å². The Kier molecular flexibility index (Phi) is 5.50. The van der Waals surface area contributed by atoms with Crippen molar-refractivity contribution in [1.29, 1.82) is 0 Å². The minimum atomic E-state index is 0.286. The summed E-state index contributed by atoms with van der Waals surface area (Å²) in [5.74, 6) is 2.54. The molecule has 0 saturated heterocycles. The van der Waals surface area contributed by atoms with E-state index in [2.05, 4.69) is 13.8 Å². The molecule has 2 rings (SSSR count).